The molecule has 2 heterocycles. The molecule has 15 heavy (non-hydrogen) atoms. The van der Waals surface area contributed by atoms with E-state index in [1.807, 2.05) is 16.3 Å². The number of thiazole rings is 1. The van der Waals surface area contributed by atoms with E-state index in [-0.39, 0.29) is 0 Å². The molecule has 0 atom stereocenters. The molecule has 0 saturated heterocycles. The van der Waals surface area contributed by atoms with Crippen molar-refractivity contribution in [3.05, 3.63) is 22.4 Å². The van der Waals surface area contributed by atoms with Gasteiger partial charge in [-0.25, -0.2) is 4.98 Å². The number of aryl methyl sites for hydroxylation is 1. The van der Waals surface area contributed by atoms with Gasteiger partial charge in [-0.15, -0.1) is 16.4 Å². The molecule has 2 rings (SSSR count). The molecule has 0 saturated carbocycles. The van der Waals surface area contributed by atoms with Gasteiger partial charge >= 0.3 is 0 Å². The van der Waals surface area contributed by atoms with Gasteiger partial charge in [-0.2, -0.15) is 0 Å². The SMILES string of the molecule is Brc1csc(NCCCn2ccnn2)n1. The van der Waals surface area contributed by atoms with Gasteiger partial charge in [-0.1, -0.05) is 5.21 Å². The van der Waals surface area contributed by atoms with Crippen molar-refractivity contribution in [3.8, 4) is 0 Å². The predicted octanol–water partition coefficient (Wildman–Crippen LogP) is 2.00. The highest BCUT2D eigenvalue weighted by Crippen LogP contribution is 2.18. The van der Waals surface area contributed by atoms with Gasteiger partial charge in [0, 0.05) is 24.7 Å². The average Bonchev–Trinajstić information content (AvgIpc) is 2.84. The van der Waals surface area contributed by atoms with E-state index in [4.69, 9.17) is 0 Å². The fraction of sp³-hybridized carbons (Fsp3) is 0.375. The second-order valence-corrected chi connectivity index (χ2v) is 4.59. The molecule has 2 aromatic heterocycles. The molecule has 2 aromatic rings. The van der Waals surface area contributed by atoms with Crippen LogP contribution in [0.3, 0.4) is 0 Å². The van der Waals surface area contributed by atoms with E-state index in [0.29, 0.717) is 0 Å². The Hall–Kier alpha value is -0.950. The predicted molar refractivity (Wildman–Crippen MR) is 62.9 cm³/mol. The molecule has 7 heteroatoms. The molecular formula is C8H10BrN5S. The first kappa shape index (κ1) is 10.6. The summed E-state index contributed by atoms with van der Waals surface area (Å²) in [4.78, 5) is 4.23. The quantitative estimate of drug-likeness (QED) is 0.855. The third kappa shape index (κ3) is 3.28. The van der Waals surface area contributed by atoms with Crippen LogP contribution in [0.4, 0.5) is 5.13 Å². The topological polar surface area (TPSA) is 55.6 Å². The maximum absolute atomic E-state index is 4.23. The molecule has 0 fully saturated rings. The van der Waals surface area contributed by atoms with Gasteiger partial charge in [-0.3, -0.25) is 4.68 Å². The number of hydrogen-bond acceptors (Lipinski definition) is 5. The van der Waals surface area contributed by atoms with Crippen molar-refractivity contribution in [2.24, 2.45) is 0 Å². The molecule has 0 bridgehead atoms. The summed E-state index contributed by atoms with van der Waals surface area (Å²) in [6.45, 7) is 1.76. The van der Waals surface area contributed by atoms with Gasteiger partial charge in [0.05, 0.1) is 6.20 Å². The van der Waals surface area contributed by atoms with Gasteiger partial charge in [0.1, 0.15) is 4.60 Å². The minimum Gasteiger partial charge on any atom is -0.361 e. The molecular weight excluding hydrogens is 278 g/mol. The van der Waals surface area contributed by atoms with Crippen molar-refractivity contribution in [3.63, 3.8) is 0 Å². The number of rotatable bonds is 5. The van der Waals surface area contributed by atoms with Gasteiger partial charge in [0.25, 0.3) is 0 Å². The molecule has 0 spiro atoms. The maximum Gasteiger partial charge on any atom is 0.183 e. The molecule has 0 aliphatic carbocycles. The van der Waals surface area contributed by atoms with Crippen molar-refractivity contribution in [2.45, 2.75) is 13.0 Å². The largest absolute Gasteiger partial charge is 0.361 e. The lowest BCUT2D eigenvalue weighted by atomic mass is 10.4. The Morgan fingerprint density at radius 1 is 1.53 bits per heavy atom. The van der Waals surface area contributed by atoms with Crippen molar-refractivity contribution >= 4 is 32.4 Å². The average molecular weight is 288 g/mol. The zero-order valence-corrected chi connectivity index (χ0v) is 10.3. The molecule has 0 aliphatic rings. The van der Waals surface area contributed by atoms with E-state index in [0.717, 1.165) is 29.2 Å². The van der Waals surface area contributed by atoms with E-state index in [1.165, 1.54) is 0 Å². The van der Waals surface area contributed by atoms with Crippen LogP contribution in [0.15, 0.2) is 22.4 Å². The fourth-order valence-electron chi connectivity index (χ4n) is 1.12. The van der Waals surface area contributed by atoms with E-state index >= 15 is 0 Å². The first-order valence-electron chi connectivity index (χ1n) is 4.53. The third-order valence-corrected chi connectivity index (χ3v) is 3.30. The van der Waals surface area contributed by atoms with E-state index in [9.17, 15) is 0 Å². The first-order chi connectivity index (χ1) is 7.34. The van der Waals surface area contributed by atoms with Crippen LogP contribution in [-0.4, -0.2) is 26.5 Å². The van der Waals surface area contributed by atoms with Crippen molar-refractivity contribution in [1.29, 1.82) is 0 Å². The van der Waals surface area contributed by atoms with Crippen LogP contribution in [0.5, 0.6) is 0 Å². The van der Waals surface area contributed by atoms with Crippen LogP contribution in [-0.2, 0) is 6.54 Å². The number of aromatic nitrogens is 4. The van der Waals surface area contributed by atoms with E-state index in [1.54, 1.807) is 17.5 Å². The van der Waals surface area contributed by atoms with Crippen LogP contribution in [0, 0.1) is 0 Å². The lowest BCUT2D eigenvalue weighted by molar-refractivity contribution is 0.570. The van der Waals surface area contributed by atoms with Crippen LogP contribution < -0.4 is 5.32 Å². The first-order valence-corrected chi connectivity index (χ1v) is 6.21. The standard InChI is InChI=1S/C8H10BrN5S/c9-7-6-15-8(12-7)10-2-1-4-14-5-3-11-13-14/h3,5-6H,1-2,4H2,(H,10,12). The summed E-state index contributed by atoms with van der Waals surface area (Å²) >= 11 is 4.90. The number of hydrogen-bond donors (Lipinski definition) is 1. The van der Waals surface area contributed by atoms with Crippen molar-refractivity contribution in [1.82, 2.24) is 20.0 Å². The minimum absolute atomic E-state index is 0.875. The summed E-state index contributed by atoms with van der Waals surface area (Å²) in [5, 5.41) is 13.8. The Kier molecular flexibility index (Phi) is 3.68. The van der Waals surface area contributed by atoms with E-state index in [2.05, 4.69) is 36.5 Å². The van der Waals surface area contributed by atoms with E-state index < -0.39 is 0 Å². The molecule has 5 nitrogen and oxygen atoms in total. The minimum atomic E-state index is 0.875. The molecule has 0 amide bonds. The maximum atomic E-state index is 4.23. The van der Waals surface area contributed by atoms with Crippen molar-refractivity contribution in [2.75, 3.05) is 11.9 Å². The molecule has 0 aromatic carbocycles. The summed E-state index contributed by atoms with van der Waals surface area (Å²) in [5.74, 6) is 0. The lowest BCUT2D eigenvalue weighted by Crippen LogP contribution is -2.07. The Morgan fingerprint density at radius 2 is 2.47 bits per heavy atom. The molecule has 0 radical (unpaired) electrons. The van der Waals surface area contributed by atoms with Crippen LogP contribution in [0.1, 0.15) is 6.42 Å². The Labute approximate surface area is 99.7 Å². The van der Waals surface area contributed by atoms with Gasteiger partial charge in [0.2, 0.25) is 0 Å². The molecule has 0 unspecified atom stereocenters. The molecule has 1 N–H and O–H groups in total. The number of halogens is 1. The molecule has 0 aliphatic heterocycles. The second kappa shape index (κ2) is 5.22. The van der Waals surface area contributed by atoms with Crippen LogP contribution in [0.25, 0.3) is 0 Å². The Bertz CT molecular complexity index is 399. The third-order valence-electron chi connectivity index (χ3n) is 1.79. The molecule has 80 valence electrons. The van der Waals surface area contributed by atoms with Crippen LogP contribution in [0.2, 0.25) is 0 Å². The second-order valence-electron chi connectivity index (χ2n) is 2.92. The number of nitrogens with zero attached hydrogens (tertiary/aromatic N) is 4. The summed E-state index contributed by atoms with van der Waals surface area (Å²) in [5.41, 5.74) is 0. The number of nitrogens with one attached hydrogen (secondary N) is 1. The summed E-state index contributed by atoms with van der Waals surface area (Å²) < 4.78 is 2.70. The Morgan fingerprint density at radius 3 is 3.13 bits per heavy atom. The monoisotopic (exact) mass is 287 g/mol. The number of anilines is 1. The van der Waals surface area contributed by atoms with Crippen LogP contribution >= 0.6 is 27.3 Å². The van der Waals surface area contributed by atoms with Gasteiger partial charge < -0.3 is 5.32 Å². The Balaban J connectivity index is 1.67. The summed E-state index contributed by atoms with van der Waals surface area (Å²) in [6, 6.07) is 0. The van der Waals surface area contributed by atoms with Crippen molar-refractivity contribution < 1.29 is 0 Å². The zero-order chi connectivity index (χ0) is 10.5. The smallest absolute Gasteiger partial charge is 0.183 e. The fourth-order valence-corrected chi connectivity index (χ4v) is 2.30. The lowest BCUT2D eigenvalue weighted by Gasteiger charge is -2.01. The normalized spacial score (nSPS) is 10.5. The highest BCUT2D eigenvalue weighted by molar-refractivity contribution is 9.10. The van der Waals surface area contributed by atoms with Gasteiger partial charge in [0.15, 0.2) is 5.13 Å². The zero-order valence-electron chi connectivity index (χ0n) is 7.93. The van der Waals surface area contributed by atoms with Gasteiger partial charge in [-0.05, 0) is 22.4 Å². The summed E-state index contributed by atoms with van der Waals surface area (Å²) in [6.07, 6.45) is 4.55. The highest BCUT2D eigenvalue weighted by Gasteiger charge is 1.97. The highest BCUT2D eigenvalue weighted by atomic mass is 79.9. The summed E-state index contributed by atoms with van der Waals surface area (Å²) in [7, 11) is 0.